The van der Waals surface area contributed by atoms with Crippen molar-refractivity contribution in [1.29, 1.82) is 0 Å². The van der Waals surface area contributed by atoms with Crippen LogP contribution in [0.1, 0.15) is 17.5 Å². The molecule has 6 nitrogen and oxygen atoms in total. The number of hydrogen-bond donors (Lipinski definition) is 1. The summed E-state index contributed by atoms with van der Waals surface area (Å²) in [6.45, 7) is 0. The SMILES string of the molecule is O=C(Cc1ccccc1)N[C@H]1C(=O)N2C(C(=O)OC(Cl)(Cl)C(Cl)(Cl)Br)=C(c3ccccc3)C[C@H]12. The Kier molecular flexibility index (Phi) is 7.23. The van der Waals surface area contributed by atoms with Crippen LogP contribution in [0.3, 0.4) is 0 Å². The molecule has 2 aromatic rings. The largest absolute Gasteiger partial charge is 0.420 e. The minimum absolute atomic E-state index is 0.0227. The molecular weight excluding hydrogens is 590 g/mol. The van der Waals surface area contributed by atoms with Gasteiger partial charge in [0.25, 0.3) is 5.91 Å². The maximum absolute atomic E-state index is 13.1. The minimum atomic E-state index is -2.35. The number of halogens is 5. The lowest BCUT2D eigenvalue weighted by Gasteiger charge is -2.43. The van der Waals surface area contributed by atoms with Gasteiger partial charge in [-0.15, -0.1) is 0 Å². The second-order valence-electron chi connectivity index (χ2n) is 7.78. The van der Waals surface area contributed by atoms with E-state index in [1.165, 1.54) is 4.90 Å². The highest BCUT2D eigenvalue weighted by atomic mass is 79.9. The van der Waals surface area contributed by atoms with Crippen molar-refractivity contribution in [3.05, 3.63) is 77.5 Å². The summed E-state index contributed by atoms with van der Waals surface area (Å²) in [5.74, 6) is -1.71. The summed E-state index contributed by atoms with van der Waals surface area (Å²) < 4.78 is 0.824. The van der Waals surface area contributed by atoms with Crippen molar-refractivity contribution >= 4 is 85.7 Å². The van der Waals surface area contributed by atoms with Gasteiger partial charge in [-0.1, -0.05) is 107 Å². The Morgan fingerprint density at radius 1 is 1.03 bits per heavy atom. The van der Waals surface area contributed by atoms with Crippen molar-refractivity contribution in [2.75, 3.05) is 0 Å². The van der Waals surface area contributed by atoms with E-state index in [9.17, 15) is 14.4 Å². The third-order valence-electron chi connectivity index (χ3n) is 5.55. The highest BCUT2D eigenvalue weighted by Crippen LogP contribution is 2.50. The monoisotopic (exact) mass is 604 g/mol. The number of nitrogens with one attached hydrogen (secondary N) is 1. The molecule has 1 N–H and O–H groups in total. The van der Waals surface area contributed by atoms with Crippen LogP contribution in [-0.2, 0) is 25.5 Å². The zero-order valence-corrected chi connectivity index (χ0v) is 21.9. The Labute approximate surface area is 224 Å². The van der Waals surface area contributed by atoms with Crippen molar-refractivity contribution in [1.82, 2.24) is 10.2 Å². The number of ether oxygens (including phenoxy) is 1. The third-order valence-corrected chi connectivity index (χ3v) is 8.21. The smallest absolute Gasteiger partial charge is 0.358 e. The van der Waals surface area contributed by atoms with Crippen LogP contribution in [0, 0.1) is 0 Å². The molecule has 0 aromatic heterocycles. The van der Waals surface area contributed by atoms with E-state index in [2.05, 4.69) is 21.2 Å². The number of benzene rings is 2. The molecule has 2 aliphatic heterocycles. The first-order valence-electron chi connectivity index (χ1n) is 10.1. The number of rotatable bonds is 7. The Morgan fingerprint density at radius 3 is 2.21 bits per heavy atom. The fraction of sp³-hybridized carbons (Fsp3) is 0.261. The minimum Gasteiger partial charge on any atom is -0.420 e. The van der Waals surface area contributed by atoms with Gasteiger partial charge in [-0.3, -0.25) is 14.5 Å². The molecule has 11 heteroatoms. The number of carbonyl (C=O) groups is 3. The molecule has 34 heavy (non-hydrogen) atoms. The van der Waals surface area contributed by atoms with Crippen LogP contribution in [0.15, 0.2) is 66.4 Å². The Morgan fingerprint density at radius 2 is 1.62 bits per heavy atom. The quantitative estimate of drug-likeness (QED) is 0.275. The van der Waals surface area contributed by atoms with Gasteiger partial charge in [-0.2, -0.15) is 0 Å². The van der Waals surface area contributed by atoms with Crippen LogP contribution < -0.4 is 5.32 Å². The van der Waals surface area contributed by atoms with Gasteiger partial charge in [0.15, 0.2) is 0 Å². The zero-order valence-electron chi connectivity index (χ0n) is 17.3. The van der Waals surface area contributed by atoms with Crippen LogP contribution in [0.4, 0.5) is 0 Å². The standard InChI is InChI=1S/C23H17BrCl4N2O4/c24-22(25,26)23(27,28)34-21(33)19-15(14-9-5-2-6-10-14)12-16-18(20(32)30(16)19)29-17(31)11-13-7-3-1-4-8-13/h1-10,16,18H,11-12H2,(H,29,31)/t16-,18-/m1/s1. The van der Waals surface area contributed by atoms with Crippen LogP contribution in [-0.4, -0.2) is 42.5 Å². The number of carbonyl (C=O) groups excluding carboxylic acids is 3. The molecule has 2 aromatic carbocycles. The summed E-state index contributed by atoms with van der Waals surface area (Å²) in [5.41, 5.74) is 2.06. The molecular formula is C23H17BrCl4N2O4. The Hall–Kier alpha value is -1.77. The highest BCUT2D eigenvalue weighted by Gasteiger charge is 2.58. The molecule has 0 saturated carbocycles. The van der Waals surface area contributed by atoms with Gasteiger partial charge in [0.1, 0.15) is 11.7 Å². The zero-order chi connectivity index (χ0) is 24.7. The van der Waals surface area contributed by atoms with E-state index in [0.717, 1.165) is 5.56 Å². The molecule has 0 aliphatic carbocycles. The van der Waals surface area contributed by atoms with Crippen LogP contribution in [0.25, 0.3) is 5.57 Å². The number of amides is 2. The van der Waals surface area contributed by atoms with E-state index in [1.807, 2.05) is 36.4 Å². The highest BCUT2D eigenvalue weighted by molar-refractivity contribution is 9.11. The molecule has 0 unspecified atom stereocenters. The van der Waals surface area contributed by atoms with Crippen molar-refractivity contribution in [2.45, 2.75) is 32.7 Å². The Bertz CT molecular complexity index is 1150. The molecule has 0 bridgehead atoms. The van der Waals surface area contributed by atoms with Crippen molar-refractivity contribution in [2.24, 2.45) is 0 Å². The topological polar surface area (TPSA) is 75.7 Å². The van der Waals surface area contributed by atoms with Crippen LogP contribution in [0.2, 0.25) is 0 Å². The number of hydrogen-bond acceptors (Lipinski definition) is 4. The fourth-order valence-electron chi connectivity index (χ4n) is 3.98. The van der Waals surface area contributed by atoms with E-state index in [1.54, 1.807) is 24.3 Å². The maximum Gasteiger partial charge on any atom is 0.358 e. The molecule has 178 valence electrons. The van der Waals surface area contributed by atoms with Gasteiger partial charge >= 0.3 is 10.5 Å². The van der Waals surface area contributed by atoms with Gasteiger partial charge in [0, 0.05) is 0 Å². The summed E-state index contributed by atoms with van der Waals surface area (Å²) in [4.78, 5) is 40.0. The molecule has 0 spiro atoms. The normalized spacial score (nSPS) is 20.0. The Balaban J connectivity index is 1.57. The predicted molar refractivity (Wildman–Crippen MR) is 135 cm³/mol. The molecule has 1 saturated heterocycles. The molecule has 2 amide bonds. The first kappa shape index (κ1) is 25.3. The first-order valence-corrected chi connectivity index (χ1v) is 12.4. The average Bonchev–Trinajstić information content (AvgIpc) is 3.14. The van der Waals surface area contributed by atoms with Gasteiger partial charge < -0.3 is 10.1 Å². The van der Waals surface area contributed by atoms with Gasteiger partial charge in [-0.25, -0.2) is 4.79 Å². The van der Waals surface area contributed by atoms with Crippen LogP contribution in [0.5, 0.6) is 0 Å². The molecule has 4 rings (SSSR count). The average molecular weight is 607 g/mol. The van der Waals surface area contributed by atoms with E-state index in [-0.39, 0.29) is 18.0 Å². The summed E-state index contributed by atoms with van der Waals surface area (Å²) >= 11 is 26.7. The number of nitrogens with zero attached hydrogens (tertiary/aromatic N) is 1. The summed E-state index contributed by atoms with van der Waals surface area (Å²) in [5, 5.41) is 2.78. The van der Waals surface area contributed by atoms with Gasteiger partial charge in [0.2, 0.25) is 9.15 Å². The maximum atomic E-state index is 13.1. The molecule has 2 atom stereocenters. The van der Waals surface area contributed by atoms with Gasteiger partial charge in [-0.05, 0) is 39.1 Å². The molecule has 2 aliphatic rings. The summed E-state index contributed by atoms with van der Waals surface area (Å²) in [6.07, 6.45) is 0.445. The van der Waals surface area contributed by atoms with Crippen molar-refractivity contribution < 1.29 is 19.1 Å². The van der Waals surface area contributed by atoms with E-state index in [4.69, 9.17) is 51.1 Å². The predicted octanol–water partition coefficient (Wildman–Crippen LogP) is 4.94. The summed E-state index contributed by atoms with van der Waals surface area (Å²) in [6, 6.07) is 17.0. The second kappa shape index (κ2) is 9.70. The third kappa shape index (κ3) is 4.95. The van der Waals surface area contributed by atoms with E-state index < -0.39 is 31.7 Å². The fourth-order valence-corrected chi connectivity index (χ4v) is 4.28. The van der Waals surface area contributed by atoms with Crippen molar-refractivity contribution in [3.63, 3.8) is 0 Å². The lowest BCUT2D eigenvalue weighted by Crippen LogP contribution is -2.69. The lowest BCUT2D eigenvalue weighted by atomic mass is 9.92. The number of fused-ring (bicyclic) bond motifs is 1. The summed E-state index contributed by atoms with van der Waals surface area (Å²) in [7, 11) is 0. The van der Waals surface area contributed by atoms with E-state index in [0.29, 0.717) is 17.6 Å². The van der Waals surface area contributed by atoms with Crippen molar-refractivity contribution in [3.8, 4) is 0 Å². The molecule has 0 radical (unpaired) electrons. The number of esters is 1. The number of alkyl halides is 5. The molecule has 1 fully saturated rings. The number of β-lactam (4-membered cyclic amide) rings is 1. The molecule has 2 heterocycles. The van der Waals surface area contributed by atoms with E-state index >= 15 is 0 Å². The van der Waals surface area contributed by atoms with Gasteiger partial charge in [0.05, 0.1) is 12.5 Å². The lowest BCUT2D eigenvalue weighted by molar-refractivity contribution is -0.155. The second-order valence-corrected chi connectivity index (χ2v) is 12.5. The first-order chi connectivity index (χ1) is 16.0. The van der Waals surface area contributed by atoms with Crippen LogP contribution >= 0.6 is 62.3 Å².